The summed E-state index contributed by atoms with van der Waals surface area (Å²) >= 11 is 1.69. The third kappa shape index (κ3) is 4.18. The van der Waals surface area contributed by atoms with Gasteiger partial charge < -0.3 is 10.2 Å². The maximum atomic E-state index is 12.5. The zero-order valence-corrected chi connectivity index (χ0v) is 17.2. The number of para-hydroxylation sites is 1. The molecule has 2 aromatic carbocycles. The number of aromatic nitrogens is 1. The van der Waals surface area contributed by atoms with E-state index in [0.717, 1.165) is 29.3 Å². The second kappa shape index (κ2) is 8.29. The summed E-state index contributed by atoms with van der Waals surface area (Å²) in [5.41, 5.74) is 3.09. The van der Waals surface area contributed by atoms with Crippen molar-refractivity contribution in [2.75, 3.05) is 36.9 Å². The summed E-state index contributed by atoms with van der Waals surface area (Å²) < 4.78 is 1.18. The first kappa shape index (κ1) is 18.9. The maximum absolute atomic E-state index is 12.5. The zero-order valence-electron chi connectivity index (χ0n) is 16.4. The standard InChI is InChI=1S/C22H26N4OS/c1-16(22-24-19-7-3-4-8-20(19)28-22)25(2)15-21(27)23-17-9-11-18(12-10-17)26-13-5-6-14-26/h3-4,7-12,16H,5-6,13-15H2,1-2H3,(H,23,27)/t16-/m1/s1. The fourth-order valence-corrected chi connectivity index (χ4v) is 4.64. The molecule has 5 nitrogen and oxygen atoms in total. The van der Waals surface area contributed by atoms with E-state index in [-0.39, 0.29) is 11.9 Å². The lowest BCUT2D eigenvalue weighted by Gasteiger charge is -2.22. The molecule has 4 rings (SSSR count). The van der Waals surface area contributed by atoms with Gasteiger partial charge in [-0.05, 0) is 63.2 Å². The number of carbonyl (C=O) groups excluding carboxylic acids is 1. The Morgan fingerprint density at radius 3 is 2.61 bits per heavy atom. The van der Waals surface area contributed by atoms with Gasteiger partial charge in [0.1, 0.15) is 5.01 Å². The van der Waals surface area contributed by atoms with Crippen molar-refractivity contribution in [3.8, 4) is 0 Å². The summed E-state index contributed by atoms with van der Waals surface area (Å²) in [5, 5.41) is 4.04. The van der Waals surface area contributed by atoms with Crippen molar-refractivity contribution in [2.24, 2.45) is 0 Å². The Kier molecular flexibility index (Phi) is 5.59. The predicted octanol–water partition coefficient (Wildman–Crippen LogP) is 4.53. The normalized spacial score (nSPS) is 15.3. The van der Waals surface area contributed by atoms with Crippen LogP contribution in [0.2, 0.25) is 0 Å². The Balaban J connectivity index is 1.34. The van der Waals surface area contributed by atoms with Crippen LogP contribution >= 0.6 is 11.3 Å². The molecule has 1 aromatic heterocycles. The molecule has 1 amide bonds. The van der Waals surface area contributed by atoms with Gasteiger partial charge in [-0.15, -0.1) is 11.3 Å². The number of benzene rings is 2. The molecule has 1 aliphatic rings. The van der Waals surface area contributed by atoms with Crippen molar-refractivity contribution >= 4 is 38.8 Å². The smallest absolute Gasteiger partial charge is 0.238 e. The molecule has 1 aliphatic heterocycles. The molecule has 1 atom stereocenters. The van der Waals surface area contributed by atoms with Crippen molar-refractivity contribution in [2.45, 2.75) is 25.8 Å². The van der Waals surface area contributed by atoms with Gasteiger partial charge in [0.25, 0.3) is 0 Å². The second-order valence-corrected chi connectivity index (χ2v) is 8.46. The van der Waals surface area contributed by atoms with Gasteiger partial charge in [-0.2, -0.15) is 0 Å². The van der Waals surface area contributed by atoms with E-state index in [4.69, 9.17) is 4.98 Å². The Morgan fingerprint density at radius 2 is 1.89 bits per heavy atom. The topological polar surface area (TPSA) is 48.5 Å². The number of hydrogen-bond acceptors (Lipinski definition) is 5. The monoisotopic (exact) mass is 394 g/mol. The Bertz CT molecular complexity index is 914. The van der Waals surface area contributed by atoms with Gasteiger partial charge >= 0.3 is 0 Å². The SMILES string of the molecule is C[C@H](c1nc2ccccc2s1)N(C)CC(=O)Nc1ccc(N2CCCC2)cc1. The van der Waals surface area contributed by atoms with E-state index < -0.39 is 0 Å². The minimum atomic E-state index is -0.00983. The van der Waals surface area contributed by atoms with Crippen molar-refractivity contribution in [1.82, 2.24) is 9.88 Å². The molecule has 0 saturated carbocycles. The summed E-state index contributed by atoms with van der Waals surface area (Å²) in [6, 6.07) is 16.4. The number of nitrogens with zero attached hydrogens (tertiary/aromatic N) is 3. The van der Waals surface area contributed by atoms with E-state index in [0.29, 0.717) is 6.54 Å². The van der Waals surface area contributed by atoms with Crippen LogP contribution < -0.4 is 10.2 Å². The quantitative estimate of drug-likeness (QED) is 0.667. The largest absolute Gasteiger partial charge is 0.372 e. The van der Waals surface area contributed by atoms with Crippen LogP contribution in [-0.4, -0.2) is 42.5 Å². The van der Waals surface area contributed by atoms with Crippen LogP contribution in [-0.2, 0) is 4.79 Å². The number of rotatable bonds is 6. The molecule has 0 spiro atoms. The molecule has 0 radical (unpaired) electrons. The number of nitrogens with one attached hydrogen (secondary N) is 1. The number of anilines is 2. The highest BCUT2D eigenvalue weighted by Crippen LogP contribution is 2.28. The lowest BCUT2D eigenvalue weighted by Crippen LogP contribution is -2.32. The third-order valence-electron chi connectivity index (χ3n) is 5.34. The summed E-state index contributed by atoms with van der Waals surface area (Å²) in [5.74, 6) is -0.00983. The first-order valence-corrected chi connectivity index (χ1v) is 10.6. The van der Waals surface area contributed by atoms with Crippen molar-refractivity contribution in [3.05, 3.63) is 53.5 Å². The predicted molar refractivity (Wildman–Crippen MR) is 117 cm³/mol. The summed E-state index contributed by atoms with van der Waals surface area (Å²) in [7, 11) is 1.97. The summed E-state index contributed by atoms with van der Waals surface area (Å²) in [6.07, 6.45) is 2.52. The molecule has 3 aromatic rings. The molecule has 1 N–H and O–H groups in total. The van der Waals surface area contributed by atoms with Crippen molar-refractivity contribution < 1.29 is 4.79 Å². The van der Waals surface area contributed by atoms with Crippen molar-refractivity contribution in [1.29, 1.82) is 0 Å². The average molecular weight is 395 g/mol. The van der Waals surface area contributed by atoms with Crippen molar-refractivity contribution in [3.63, 3.8) is 0 Å². The first-order valence-electron chi connectivity index (χ1n) is 9.81. The van der Waals surface area contributed by atoms with Gasteiger partial charge in [0.15, 0.2) is 0 Å². The average Bonchev–Trinajstić information content (AvgIpc) is 3.37. The van der Waals surface area contributed by atoms with Gasteiger partial charge in [0, 0.05) is 24.5 Å². The molecular formula is C22H26N4OS. The number of amides is 1. The van der Waals surface area contributed by atoms with E-state index in [9.17, 15) is 4.79 Å². The van der Waals surface area contributed by atoms with E-state index in [1.165, 1.54) is 23.2 Å². The van der Waals surface area contributed by atoms with Gasteiger partial charge in [-0.3, -0.25) is 9.69 Å². The highest BCUT2D eigenvalue weighted by atomic mass is 32.1. The lowest BCUT2D eigenvalue weighted by atomic mass is 10.2. The highest BCUT2D eigenvalue weighted by molar-refractivity contribution is 7.18. The van der Waals surface area contributed by atoms with Gasteiger partial charge in [0.2, 0.25) is 5.91 Å². The molecule has 1 fully saturated rings. The van der Waals surface area contributed by atoms with Crippen LogP contribution in [0.1, 0.15) is 30.8 Å². The molecule has 146 valence electrons. The van der Waals surface area contributed by atoms with Gasteiger partial charge in [-0.1, -0.05) is 12.1 Å². The first-order chi connectivity index (χ1) is 13.6. The number of fused-ring (bicyclic) bond motifs is 1. The number of hydrogen-bond donors (Lipinski definition) is 1. The molecule has 6 heteroatoms. The van der Waals surface area contributed by atoms with Crippen LogP contribution in [0.5, 0.6) is 0 Å². The van der Waals surface area contributed by atoms with E-state index in [1.807, 2.05) is 42.3 Å². The summed E-state index contributed by atoms with van der Waals surface area (Å²) in [4.78, 5) is 21.6. The Hall–Kier alpha value is -2.44. The van der Waals surface area contributed by atoms with Crippen LogP contribution in [0.25, 0.3) is 10.2 Å². The van der Waals surface area contributed by atoms with E-state index in [2.05, 4.69) is 35.3 Å². The number of carbonyl (C=O) groups is 1. The third-order valence-corrected chi connectivity index (χ3v) is 6.55. The van der Waals surface area contributed by atoms with E-state index >= 15 is 0 Å². The van der Waals surface area contributed by atoms with Crippen LogP contribution in [0.3, 0.4) is 0 Å². The maximum Gasteiger partial charge on any atom is 0.238 e. The summed E-state index contributed by atoms with van der Waals surface area (Å²) in [6.45, 7) is 4.67. The highest BCUT2D eigenvalue weighted by Gasteiger charge is 2.19. The molecule has 1 saturated heterocycles. The minimum Gasteiger partial charge on any atom is -0.372 e. The fourth-order valence-electron chi connectivity index (χ4n) is 3.55. The Labute approximate surface area is 170 Å². The molecule has 28 heavy (non-hydrogen) atoms. The van der Waals surface area contributed by atoms with Gasteiger partial charge in [-0.25, -0.2) is 4.98 Å². The minimum absolute atomic E-state index is 0.00983. The molecule has 0 unspecified atom stereocenters. The molecule has 2 heterocycles. The number of thiazole rings is 1. The fraction of sp³-hybridized carbons (Fsp3) is 0.364. The molecule has 0 bridgehead atoms. The molecular weight excluding hydrogens is 368 g/mol. The Morgan fingerprint density at radius 1 is 1.18 bits per heavy atom. The molecule has 0 aliphatic carbocycles. The van der Waals surface area contributed by atoms with E-state index in [1.54, 1.807) is 11.3 Å². The van der Waals surface area contributed by atoms with Crippen LogP contribution in [0.4, 0.5) is 11.4 Å². The van der Waals surface area contributed by atoms with Crippen LogP contribution in [0.15, 0.2) is 48.5 Å². The zero-order chi connectivity index (χ0) is 19.5. The van der Waals surface area contributed by atoms with Crippen LogP contribution in [0, 0.1) is 0 Å². The second-order valence-electron chi connectivity index (χ2n) is 7.40. The van der Waals surface area contributed by atoms with Gasteiger partial charge in [0.05, 0.1) is 22.8 Å². The number of likely N-dealkylation sites (N-methyl/N-ethyl adjacent to an activating group) is 1. The lowest BCUT2D eigenvalue weighted by molar-refractivity contribution is -0.117.